The minimum Gasteiger partial charge on any atom is -0.508 e. The topological polar surface area (TPSA) is 83.4 Å². The Bertz CT molecular complexity index is 1640. The number of hydrogen-bond donors (Lipinski definition) is 2. The van der Waals surface area contributed by atoms with Crippen molar-refractivity contribution in [2.45, 2.75) is 37.8 Å². The minimum atomic E-state index is -0.709. The van der Waals surface area contributed by atoms with Crippen LogP contribution >= 0.6 is 0 Å². The maximum Gasteiger partial charge on any atom is 0.319 e. The lowest BCUT2D eigenvalue weighted by atomic mass is 9.96. The van der Waals surface area contributed by atoms with Crippen molar-refractivity contribution in [3.63, 3.8) is 0 Å². The van der Waals surface area contributed by atoms with Crippen LogP contribution in [0.2, 0.25) is 0 Å². The van der Waals surface area contributed by atoms with Crippen LogP contribution < -0.4 is 15.0 Å². The Kier molecular flexibility index (Phi) is 5.34. The third-order valence-electron chi connectivity index (χ3n) is 7.76. The number of fused-ring (bicyclic) bond motifs is 4. The SMILES string of the molecule is C#Cc1c(F)ccc2cc(O)cc(-c3ncc4c(N5CC6CCC(C5)N6)nc(OCC5CC5)nc4c3F)c12. The highest BCUT2D eigenvalue weighted by molar-refractivity contribution is 6.03. The number of phenols is 1. The van der Waals surface area contributed by atoms with E-state index in [9.17, 15) is 9.50 Å². The van der Waals surface area contributed by atoms with Gasteiger partial charge in [-0.15, -0.1) is 6.42 Å². The zero-order valence-corrected chi connectivity index (χ0v) is 20.5. The molecule has 2 atom stereocenters. The van der Waals surface area contributed by atoms with E-state index in [1.54, 1.807) is 6.20 Å². The Hall–Kier alpha value is -4.03. The van der Waals surface area contributed by atoms with E-state index in [1.165, 1.54) is 24.3 Å². The van der Waals surface area contributed by atoms with Crippen molar-refractivity contribution in [2.75, 3.05) is 24.6 Å². The molecule has 7 rings (SSSR count). The quantitative estimate of drug-likeness (QED) is 0.379. The number of ether oxygens (including phenoxy) is 1. The molecule has 3 aliphatic rings. The van der Waals surface area contributed by atoms with Crippen molar-refractivity contribution in [3.05, 3.63) is 47.7 Å². The molecule has 2 N–H and O–H groups in total. The molecule has 4 aromatic rings. The number of terminal acetylenes is 1. The van der Waals surface area contributed by atoms with Gasteiger partial charge in [-0.05, 0) is 55.2 Å². The number of piperazine rings is 1. The van der Waals surface area contributed by atoms with Gasteiger partial charge in [0.2, 0.25) is 0 Å². The second-order valence-corrected chi connectivity index (χ2v) is 10.5. The van der Waals surface area contributed by atoms with E-state index in [0.29, 0.717) is 46.6 Å². The normalized spacial score (nSPS) is 20.7. The lowest BCUT2D eigenvalue weighted by molar-refractivity contribution is 0.277. The van der Waals surface area contributed by atoms with Crippen molar-refractivity contribution in [3.8, 4) is 35.4 Å². The fraction of sp³-hybridized carbons (Fsp3) is 0.345. The Morgan fingerprint density at radius 1 is 1.11 bits per heavy atom. The zero-order chi connectivity index (χ0) is 26.0. The Morgan fingerprint density at radius 2 is 1.89 bits per heavy atom. The first-order chi connectivity index (χ1) is 18.5. The zero-order valence-electron chi connectivity index (χ0n) is 20.5. The summed E-state index contributed by atoms with van der Waals surface area (Å²) >= 11 is 0. The highest BCUT2D eigenvalue weighted by Crippen LogP contribution is 2.39. The van der Waals surface area contributed by atoms with Gasteiger partial charge in [0.25, 0.3) is 0 Å². The fourth-order valence-electron chi connectivity index (χ4n) is 5.71. The first-order valence-electron chi connectivity index (χ1n) is 12.9. The van der Waals surface area contributed by atoms with Gasteiger partial charge in [-0.25, -0.2) is 8.78 Å². The number of rotatable bonds is 5. The van der Waals surface area contributed by atoms with Gasteiger partial charge in [-0.1, -0.05) is 12.0 Å². The molecule has 1 aliphatic carbocycles. The molecule has 192 valence electrons. The van der Waals surface area contributed by atoms with Crippen LogP contribution in [0.3, 0.4) is 0 Å². The molecule has 2 bridgehead atoms. The first kappa shape index (κ1) is 23.1. The predicted molar refractivity (Wildman–Crippen MR) is 140 cm³/mol. The van der Waals surface area contributed by atoms with Crippen LogP contribution in [-0.2, 0) is 0 Å². The Labute approximate surface area is 217 Å². The molecule has 2 unspecified atom stereocenters. The third kappa shape index (κ3) is 3.87. The highest BCUT2D eigenvalue weighted by Gasteiger charge is 2.34. The molecular formula is C29H25F2N5O2. The average molecular weight is 514 g/mol. The molecule has 38 heavy (non-hydrogen) atoms. The predicted octanol–water partition coefficient (Wildman–Crippen LogP) is 4.54. The molecule has 3 fully saturated rings. The van der Waals surface area contributed by atoms with E-state index < -0.39 is 11.6 Å². The number of hydrogen-bond acceptors (Lipinski definition) is 7. The molecule has 0 radical (unpaired) electrons. The van der Waals surface area contributed by atoms with E-state index in [2.05, 4.69) is 26.1 Å². The van der Waals surface area contributed by atoms with Gasteiger partial charge in [0.05, 0.1) is 17.6 Å². The number of nitrogens with zero attached hydrogens (tertiary/aromatic N) is 4. The molecule has 2 aliphatic heterocycles. The van der Waals surface area contributed by atoms with Crippen LogP contribution in [0, 0.1) is 29.9 Å². The summed E-state index contributed by atoms with van der Waals surface area (Å²) in [5.41, 5.74) is 0.144. The number of benzene rings is 2. The molecule has 1 saturated carbocycles. The second-order valence-electron chi connectivity index (χ2n) is 10.5. The van der Waals surface area contributed by atoms with Gasteiger partial charge >= 0.3 is 6.01 Å². The maximum atomic E-state index is 16.4. The van der Waals surface area contributed by atoms with Crippen LogP contribution in [0.5, 0.6) is 11.8 Å². The lowest BCUT2D eigenvalue weighted by Crippen LogP contribution is -2.51. The molecule has 0 spiro atoms. The number of halogens is 2. The van der Waals surface area contributed by atoms with Crippen LogP contribution in [0.1, 0.15) is 31.2 Å². The van der Waals surface area contributed by atoms with E-state index in [4.69, 9.17) is 16.1 Å². The standard InChI is InChI=1S/C29H25F2N5O2/c1-2-20-23(30)8-5-16-9-19(37)10-21(24(16)20)26-25(31)27-22(11-32-26)28(35-29(34-27)38-14-15-3-4-15)36-12-17-6-7-18(13-36)33-17/h1,5,8-11,15,17-18,33,37H,3-4,6-7,12-14H2. The number of nitrogens with one attached hydrogen (secondary N) is 1. The van der Waals surface area contributed by atoms with E-state index in [0.717, 1.165) is 38.8 Å². The summed E-state index contributed by atoms with van der Waals surface area (Å²) < 4.78 is 36.9. The van der Waals surface area contributed by atoms with Gasteiger partial charge in [-0.3, -0.25) is 4.98 Å². The van der Waals surface area contributed by atoms with E-state index in [1.807, 2.05) is 0 Å². The Morgan fingerprint density at radius 3 is 2.63 bits per heavy atom. The molecule has 2 aromatic carbocycles. The van der Waals surface area contributed by atoms with Crippen LogP contribution in [0.15, 0.2) is 30.5 Å². The van der Waals surface area contributed by atoms with Crippen LogP contribution in [0.4, 0.5) is 14.6 Å². The van der Waals surface area contributed by atoms with Gasteiger partial charge in [0, 0.05) is 42.3 Å². The monoisotopic (exact) mass is 513 g/mol. The number of aromatic nitrogens is 3. The molecule has 2 saturated heterocycles. The molecule has 2 aromatic heterocycles. The van der Waals surface area contributed by atoms with Crippen molar-refractivity contribution < 1.29 is 18.6 Å². The van der Waals surface area contributed by atoms with E-state index >= 15 is 4.39 Å². The Balaban J connectivity index is 1.43. The summed E-state index contributed by atoms with van der Waals surface area (Å²) in [6, 6.07) is 6.36. The van der Waals surface area contributed by atoms with Crippen molar-refractivity contribution in [1.29, 1.82) is 0 Å². The molecule has 0 amide bonds. The molecule has 7 nitrogen and oxygen atoms in total. The summed E-state index contributed by atoms with van der Waals surface area (Å²) in [4.78, 5) is 15.8. The van der Waals surface area contributed by atoms with Gasteiger partial charge < -0.3 is 20.1 Å². The smallest absolute Gasteiger partial charge is 0.319 e. The maximum absolute atomic E-state index is 16.4. The van der Waals surface area contributed by atoms with Crippen molar-refractivity contribution >= 4 is 27.5 Å². The van der Waals surface area contributed by atoms with Gasteiger partial charge in [0.15, 0.2) is 5.82 Å². The van der Waals surface area contributed by atoms with Crippen molar-refractivity contribution in [1.82, 2.24) is 20.3 Å². The van der Waals surface area contributed by atoms with Gasteiger partial charge in [-0.2, -0.15) is 9.97 Å². The second kappa shape index (κ2) is 8.77. The van der Waals surface area contributed by atoms with Gasteiger partial charge in [0.1, 0.15) is 28.6 Å². The lowest BCUT2D eigenvalue weighted by Gasteiger charge is -2.34. The summed E-state index contributed by atoms with van der Waals surface area (Å²) in [5, 5.41) is 15.2. The minimum absolute atomic E-state index is 0.0214. The van der Waals surface area contributed by atoms with E-state index in [-0.39, 0.29) is 34.1 Å². The first-order valence-corrected chi connectivity index (χ1v) is 12.9. The summed E-state index contributed by atoms with van der Waals surface area (Å²) in [6.45, 7) is 1.98. The fourth-order valence-corrected chi connectivity index (χ4v) is 5.71. The number of phenolic OH excluding ortho intramolecular Hbond substituents is 1. The summed E-state index contributed by atoms with van der Waals surface area (Å²) in [7, 11) is 0. The number of pyridine rings is 1. The largest absolute Gasteiger partial charge is 0.508 e. The van der Waals surface area contributed by atoms with Crippen LogP contribution in [0.25, 0.3) is 32.9 Å². The third-order valence-corrected chi connectivity index (χ3v) is 7.76. The molecule has 4 heterocycles. The average Bonchev–Trinajstić information content (AvgIpc) is 3.69. The number of anilines is 1. The number of aromatic hydroxyl groups is 1. The van der Waals surface area contributed by atoms with Crippen molar-refractivity contribution in [2.24, 2.45) is 5.92 Å². The molecule has 9 heteroatoms. The summed E-state index contributed by atoms with van der Waals surface area (Å²) in [5.74, 6) is 2.00. The van der Waals surface area contributed by atoms with Crippen LogP contribution in [-0.4, -0.2) is 51.8 Å². The highest BCUT2D eigenvalue weighted by atomic mass is 19.1. The summed E-state index contributed by atoms with van der Waals surface area (Å²) in [6.07, 6.45) is 11.5. The molecular weight excluding hydrogens is 488 g/mol.